The Morgan fingerprint density at radius 1 is 1.25 bits per heavy atom. The van der Waals surface area contributed by atoms with Crippen LogP contribution in [0.3, 0.4) is 0 Å². The second-order valence-corrected chi connectivity index (χ2v) is 1.43. The molecule has 0 spiro atoms. The third-order valence-electron chi connectivity index (χ3n) is 0.0833. The van der Waals surface area contributed by atoms with Gasteiger partial charge < -0.3 is 14.1 Å². The van der Waals surface area contributed by atoms with Crippen LogP contribution in [-0.4, -0.2) is 13.0 Å². The van der Waals surface area contributed by atoms with Gasteiger partial charge in [-0.2, -0.15) is 0 Å². The van der Waals surface area contributed by atoms with Gasteiger partial charge in [0, 0.05) is 0 Å². The molecule has 0 aliphatic heterocycles. The molecule has 0 aromatic rings. The van der Waals surface area contributed by atoms with E-state index in [1.165, 1.54) is 0 Å². The second-order valence-electron chi connectivity index (χ2n) is 0.476. The van der Waals surface area contributed by atoms with Crippen LogP contribution in [0.2, 0.25) is 0 Å². The molecule has 58 valence electrons. The van der Waals surface area contributed by atoms with Gasteiger partial charge in [0.15, 0.2) is 0 Å². The van der Waals surface area contributed by atoms with Crippen LogP contribution in [-0.2, 0) is 48.9 Å². The van der Waals surface area contributed by atoms with E-state index in [0.29, 0.717) is 0 Å². The maximum atomic E-state index is 8.91. The van der Waals surface area contributed by atoms with E-state index in [1.807, 2.05) is 0 Å². The molecule has 0 heterocycles. The molecule has 0 N–H and O–H groups in total. The van der Waals surface area contributed by atoms with Crippen LogP contribution in [0.5, 0.6) is 0 Å². The molecule has 8 heavy (non-hydrogen) atoms. The monoisotopic (exact) mass is 238 g/mol. The van der Waals surface area contributed by atoms with Crippen molar-refractivity contribution in [1.29, 1.82) is 0 Å². The predicted molar refractivity (Wildman–Crippen MR) is 10.8 cm³/mol. The van der Waals surface area contributed by atoms with E-state index in [4.69, 9.17) is 18.2 Å². The summed E-state index contributed by atoms with van der Waals surface area (Å²) in [6, 6.07) is 0. The topological polar surface area (TPSA) is 89.5 Å². The van der Waals surface area contributed by atoms with Gasteiger partial charge in [-0.15, -0.1) is 0 Å². The van der Waals surface area contributed by atoms with Crippen LogP contribution < -0.4 is 5.26 Å². The fraction of sp³-hybridized carbons (Fsp3) is 0. The molecule has 0 aromatic carbocycles. The summed E-state index contributed by atoms with van der Waals surface area (Å²) in [4.78, 5) is 0. The summed E-state index contributed by atoms with van der Waals surface area (Å²) in [6.07, 6.45) is 0. The molecule has 0 amide bonds. The number of rotatable bonds is 1. The molecule has 0 bridgehead atoms. The minimum absolute atomic E-state index is 0. The van der Waals surface area contributed by atoms with Crippen molar-refractivity contribution in [2.75, 3.05) is 0 Å². The fourth-order valence-corrected chi connectivity index (χ4v) is 0. The molecule has 0 saturated carbocycles. The summed E-state index contributed by atoms with van der Waals surface area (Å²) in [5, 5.41) is 8.55. The summed E-state index contributed by atoms with van der Waals surface area (Å²) in [5.41, 5.74) is 0. The van der Waals surface area contributed by atoms with Crippen molar-refractivity contribution in [2.24, 2.45) is 0 Å². The first kappa shape index (κ1) is 15.9. The quantitative estimate of drug-likeness (QED) is 0.169. The van der Waals surface area contributed by atoms with Crippen molar-refractivity contribution >= 4 is 10.4 Å². The molecule has 0 aliphatic rings. The molecule has 0 atom stereocenters. The van der Waals surface area contributed by atoms with E-state index in [0.717, 1.165) is 0 Å². The van der Waals surface area contributed by atoms with Gasteiger partial charge in [-0.05, 0) is 0 Å². The second kappa shape index (κ2) is 6.00. The van der Waals surface area contributed by atoms with Crippen LogP contribution in [0.15, 0.2) is 0 Å². The van der Waals surface area contributed by atoms with Crippen molar-refractivity contribution in [3.05, 3.63) is 0 Å². The first-order chi connectivity index (χ1) is 2.56. The largest absolute Gasteiger partial charge is 1.00 e. The Kier molecular flexibility index (Phi) is 11.9. The molecule has 0 aliphatic carbocycles. The Hall–Kier alpha value is 0.869. The Morgan fingerprint density at radius 3 is 1.38 bits per heavy atom. The van der Waals surface area contributed by atoms with Gasteiger partial charge in [-0.3, -0.25) is 0 Å². The Morgan fingerprint density at radius 2 is 1.38 bits per heavy atom. The van der Waals surface area contributed by atoms with E-state index < -0.39 is 10.4 Å². The van der Waals surface area contributed by atoms with Crippen molar-refractivity contribution in [2.45, 2.75) is 0 Å². The van der Waals surface area contributed by atoms with Gasteiger partial charge in [-0.1, -0.05) is 0 Å². The molecule has 8 heteroatoms. The molecular weight excluding hydrogens is 239 g/mol. The first-order valence-electron chi connectivity index (χ1n) is 0.833. The zero-order chi connectivity index (χ0) is 5.21. The molecule has 0 saturated heterocycles. The van der Waals surface area contributed by atoms with Gasteiger partial charge in [-0.25, -0.2) is 8.42 Å². The SMILES string of the molecule is O=S(=O)([O-])O[O-].[Cu+].[Cu+]. The maximum Gasteiger partial charge on any atom is 1.00 e. The summed E-state index contributed by atoms with van der Waals surface area (Å²) in [6.45, 7) is 0. The Bertz CT molecular complexity index is 112. The van der Waals surface area contributed by atoms with E-state index in [-0.39, 0.29) is 34.1 Å². The van der Waals surface area contributed by atoms with E-state index in [9.17, 15) is 0 Å². The van der Waals surface area contributed by atoms with Gasteiger partial charge in [0.2, 0.25) is 10.4 Å². The molecule has 0 unspecified atom stereocenters. The first-order valence-corrected chi connectivity index (χ1v) is 2.17. The van der Waals surface area contributed by atoms with Gasteiger partial charge >= 0.3 is 34.1 Å². The molecular formula is Cu2O5S. The fourth-order valence-electron chi connectivity index (χ4n) is 0. The Labute approximate surface area is 67.2 Å². The minimum atomic E-state index is -4.97. The number of hydrogen-bond donors (Lipinski definition) is 0. The average molecular weight is 239 g/mol. The van der Waals surface area contributed by atoms with Crippen LogP contribution >= 0.6 is 0 Å². The van der Waals surface area contributed by atoms with Crippen LogP contribution in [0.1, 0.15) is 0 Å². The molecule has 0 rings (SSSR count). The normalized spacial score (nSPS) is 8.75. The van der Waals surface area contributed by atoms with Crippen LogP contribution in [0, 0.1) is 0 Å². The van der Waals surface area contributed by atoms with Gasteiger partial charge in [0.25, 0.3) is 0 Å². The third kappa shape index (κ3) is 15.8. The van der Waals surface area contributed by atoms with E-state index >= 15 is 0 Å². The van der Waals surface area contributed by atoms with Gasteiger partial charge in [0.1, 0.15) is 0 Å². The van der Waals surface area contributed by atoms with Gasteiger partial charge in [0.05, 0.1) is 0 Å². The molecule has 5 nitrogen and oxygen atoms in total. The molecule has 0 radical (unpaired) electrons. The Balaban J connectivity index is -0.000000125. The third-order valence-corrected chi connectivity index (χ3v) is 0.250. The summed E-state index contributed by atoms with van der Waals surface area (Å²) < 4.78 is 28.8. The predicted octanol–water partition coefficient (Wildman–Crippen LogP) is -2.27. The van der Waals surface area contributed by atoms with Crippen molar-refractivity contribution in [3.8, 4) is 0 Å². The van der Waals surface area contributed by atoms with Crippen molar-refractivity contribution in [1.82, 2.24) is 0 Å². The van der Waals surface area contributed by atoms with Crippen LogP contribution in [0.25, 0.3) is 0 Å². The van der Waals surface area contributed by atoms with Crippen LogP contribution in [0.4, 0.5) is 0 Å². The van der Waals surface area contributed by atoms with Crippen molar-refractivity contribution < 1.29 is 56.7 Å². The van der Waals surface area contributed by atoms with E-state index in [2.05, 4.69) is 4.33 Å². The molecule has 0 aromatic heterocycles. The average Bonchev–Trinajstić information content (AvgIpc) is 1.35. The summed E-state index contributed by atoms with van der Waals surface area (Å²) >= 11 is 0. The summed E-state index contributed by atoms with van der Waals surface area (Å²) in [7, 11) is -4.97. The zero-order valence-corrected chi connectivity index (χ0v) is 5.75. The minimum Gasteiger partial charge on any atom is -0.726 e. The number of hydrogen-bond acceptors (Lipinski definition) is 5. The molecule has 0 fully saturated rings. The maximum absolute atomic E-state index is 8.91. The summed E-state index contributed by atoms with van der Waals surface area (Å²) in [5.74, 6) is 0. The van der Waals surface area contributed by atoms with Crippen molar-refractivity contribution in [3.63, 3.8) is 0 Å². The zero-order valence-electron chi connectivity index (χ0n) is 3.05. The van der Waals surface area contributed by atoms with E-state index in [1.54, 1.807) is 0 Å². The smallest absolute Gasteiger partial charge is 0.726 e. The standard InChI is InChI=1S/2Cu.H2O5S/c;;1-5-6(2,3)4/h;;1H,(H,2,3,4)/q2*+1;/p-2.